The third-order valence-corrected chi connectivity index (χ3v) is 4.62. The maximum absolute atomic E-state index is 13.7. The van der Waals surface area contributed by atoms with Gasteiger partial charge in [0.05, 0.1) is 0 Å². The van der Waals surface area contributed by atoms with E-state index in [-0.39, 0.29) is 16.0 Å². The van der Waals surface area contributed by atoms with Gasteiger partial charge in [-0.1, -0.05) is 39.1 Å². The molecule has 1 aromatic heterocycles. The van der Waals surface area contributed by atoms with Crippen LogP contribution < -0.4 is 4.72 Å². The summed E-state index contributed by atoms with van der Waals surface area (Å²) in [6.07, 6.45) is 1.07. The van der Waals surface area contributed by atoms with Gasteiger partial charge < -0.3 is 0 Å². The molecule has 0 unspecified atom stereocenters. The molecule has 1 aromatic carbocycles. The molecule has 0 radical (unpaired) electrons. The van der Waals surface area contributed by atoms with Crippen LogP contribution in [0.4, 0.5) is 10.1 Å². The fourth-order valence-corrected chi connectivity index (χ4v) is 3.30. The van der Waals surface area contributed by atoms with Crippen molar-refractivity contribution in [2.45, 2.75) is 4.90 Å². The van der Waals surface area contributed by atoms with Crippen LogP contribution >= 0.6 is 39.1 Å². The molecule has 0 amide bonds. The molecule has 0 fully saturated rings. The van der Waals surface area contributed by atoms with E-state index in [4.69, 9.17) is 23.2 Å². The molecular weight excluding hydrogens is 396 g/mol. The first-order valence-electron chi connectivity index (χ1n) is 4.95. The van der Waals surface area contributed by atoms with Crippen molar-refractivity contribution in [3.63, 3.8) is 0 Å². The highest BCUT2D eigenvalue weighted by molar-refractivity contribution is 9.10. The number of anilines is 1. The topological polar surface area (TPSA) is 72.0 Å². The summed E-state index contributed by atoms with van der Waals surface area (Å²) in [5, 5.41) is -0.378. The quantitative estimate of drug-likeness (QED) is 0.800. The number of nitrogens with zero attached hydrogens (tertiary/aromatic N) is 2. The first-order valence-corrected chi connectivity index (χ1v) is 7.98. The van der Waals surface area contributed by atoms with E-state index in [1.807, 2.05) is 0 Å². The van der Waals surface area contributed by atoms with Crippen molar-refractivity contribution >= 4 is 54.8 Å². The SMILES string of the molecule is O=S(=O)(Nc1c(Cl)ncnc1Cl)c1ccc(Br)cc1F. The molecule has 0 aliphatic rings. The van der Waals surface area contributed by atoms with E-state index >= 15 is 0 Å². The lowest BCUT2D eigenvalue weighted by Gasteiger charge is -2.10. The predicted molar refractivity (Wildman–Crippen MR) is 77.0 cm³/mol. The van der Waals surface area contributed by atoms with E-state index in [1.54, 1.807) is 0 Å². The first-order chi connectivity index (χ1) is 9.31. The summed E-state index contributed by atoms with van der Waals surface area (Å²) in [5.41, 5.74) is -0.210. The van der Waals surface area contributed by atoms with Crippen LogP contribution in [0.1, 0.15) is 0 Å². The van der Waals surface area contributed by atoms with Gasteiger partial charge in [0.1, 0.15) is 22.7 Å². The molecule has 106 valence electrons. The Labute approximate surface area is 132 Å². The van der Waals surface area contributed by atoms with Crippen LogP contribution in [0.3, 0.4) is 0 Å². The van der Waals surface area contributed by atoms with Crippen molar-refractivity contribution in [2.75, 3.05) is 4.72 Å². The standard InChI is InChI=1S/C10H5BrCl2FN3O2S/c11-5-1-2-7(6(14)3-5)20(18,19)17-8-9(12)15-4-16-10(8)13/h1-4,17H. The fraction of sp³-hybridized carbons (Fsp3) is 0. The fourth-order valence-electron chi connectivity index (χ4n) is 1.31. The Morgan fingerprint density at radius 1 is 1.20 bits per heavy atom. The van der Waals surface area contributed by atoms with Crippen LogP contribution in [0.2, 0.25) is 10.3 Å². The number of benzene rings is 1. The van der Waals surface area contributed by atoms with Gasteiger partial charge in [-0.05, 0) is 18.2 Å². The molecule has 0 aliphatic carbocycles. The highest BCUT2D eigenvalue weighted by Gasteiger charge is 2.22. The zero-order chi connectivity index (χ0) is 14.9. The van der Waals surface area contributed by atoms with Crippen molar-refractivity contribution in [1.29, 1.82) is 0 Å². The zero-order valence-electron chi connectivity index (χ0n) is 9.44. The molecule has 20 heavy (non-hydrogen) atoms. The maximum atomic E-state index is 13.7. The summed E-state index contributed by atoms with van der Waals surface area (Å²) in [4.78, 5) is 6.65. The zero-order valence-corrected chi connectivity index (χ0v) is 13.4. The summed E-state index contributed by atoms with van der Waals surface area (Å²) in [7, 11) is -4.20. The van der Waals surface area contributed by atoms with Crippen molar-refractivity contribution < 1.29 is 12.8 Å². The van der Waals surface area contributed by atoms with Gasteiger partial charge in [-0.3, -0.25) is 4.72 Å². The third kappa shape index (κ3) is 3.20. The van der Waals surface area contributed by atoms with Gasteiger partial charge in [-0.15, -0.1) is 0 Å². The summed E-state index contributed by atoms with van der Waals surface area (Å²) >= 11 is 14.5. The van der Waals surface area contributed by atoms with Crippen LogP contribution in [-0.4, -0.2) is 18.4 Å². The molecule has 0 bridgehead atoms. The van der Waals surface area contributed by atoms with Crippen molar-refractivity contribution in [1.82, 2.24) is 9.97 Å². The van der Waals surface area contributed by atoms with E-state index in [2.05, 4.69) is 30.6 Å². The van der Waals surface area contributed by atoms with Crippen LogP contribution in [0.5, 0.6) is 0 Å². The Hall–Kier alpha value is -0.960. The lowest BCUT2D eigenvalue weighted by molar-refractivity contribution is 0.570. The van der Waals surface area contributed by atoms with Crippen LogP contribution in [0, 0.1) is 5.82 Å². The molecule has 0 aliphatic heterocycles. The summed E-state index contributed by atoms with van der Waals surface area (Å²) < 4.78 is 40.4. The van der Waals surface area contributed by atoms with Gasteiger partial charge in [0, 0.05) is 4.47 Å². The Kier molecular flexibility index (Phi) is 4.48. The van der Waals surface area contributed by atoms with Gasteiger partial charge in [0.2, 0.25) is 0 Å². The van der Waals surface area contributed by atoms with Crippen LogP contribution in [0.15, 0.2) is 33.9 Å². The lowest BCUT2D eigenvalue weighted by Crippen LogP contribution is -2.15. The minimum Gasteiger partial charge on any atom is -0.273 e. The summed E-state index contributed by atoms with van der Waals surface area (Å²) in [6, 6.07) is 3.52. The van der Waals surface area contributed by atoms with Crippen molar-refractivity contribution in [3.8, 4) is 0 Å². The molecule has 0 saturated heterocycles. The van der Waals surface area contributed by atoms with Gasteiger partial charge >= 0.3 is 0 Å². The van der Waals surface area contributed by atoms with Gasteiger partial charge in [-0.25, -0.2) is 22.8 Å². The molecular formula is C10H5BrCl2FN3O2S. The Bertz CT molecular complexity index is 753. The van der Waals surface area contributed by atoms with Gasteiger partial charge in [0.25, 0.3) is 10.0 Å². The van der Waals surface area contributed by atoms with E-state index < -0.39 is 20.7 Å². The van der Waals surface area contributed by atoms with Crippen LogP contribution in [-0.2, 0) is 10.0 Å². The molecule has 2 aromatic rings. The minimum atomic E-state index is -4.20. The first kappa shape index (κ1) is 15.4. The molecule has 0 atom stereocenters. The second-order valence-electron chi connectivity index (χ2n) is 3.51. The maximum Gasteiger partial charge on any atom is 0.265 e. The minimum absolute atomic E-state index is 0.189. The molecule has 1 N–H and O–H groups in total. The molecule has 1 heterocycles. The predicted octanol–water partition coefficient (Wildman–Crippen LogP) is 3.49. The highest BCUT2D eigenvalue weighted by Crippen LogP contribution is 2.29. The Balaban J connectivity index is 2.46. The number of hydrogen-bond acceptors (Lipinski definition) is 4. The second kappa shape index (κ2) is 5.80. The summed E-state index contributed by atoms with van der Waals surface area (Å²) in [6.45, 7) is 0. The normalized spacial score (nSPS) is 11.4. The highest BCUT2D eigenvalue weighted by atomic mass is 79.9. The Morgan fingerprint density at radius 3 is 2.35 bits per heavy atom. The van der Waals surface area contributed by atoms with E-state index in [0.717, 1.165) is 18.5 Å². The van der Waals surface area contributed by atoms with Crippen molar-refractivity contribution in [3.05, 3.63) is 45.1 Å². The van der Waals surface area contributed by atoms with Gasteiger partial charge in [-0.2, -0.15) is 0 Å². The number of sulfonamides is 1. The third-order valence-electron chi connectivity index (χ3n) is 2.17. The largest absolute Gasteiger partial charge is 0.273 e. The molecule has 0 saturated carbocycles. The second-order valence-corrected chi connectivity index (χ2v) is 6.79. The number of rotatable bonds is 3. The summed E-state index contributed by atoms with van der Waals surface area (Å²) in [5.74, 6) is -0.920. The van der Waals surface area contributed by atoms with Crippen LogP contribution in [0.25, 0.3) is 0 Å². The number of nitrogens with one attached hydrogen (secondary N) is 1. The number of hydrogen-bond donors (Lipinski definition) is 1. The average Bonchev–Trinajstić information content (AvgIpc) is 2.33. The molecule has 10 heteroatoms. The van der Waals surface area contributed by atoms with Crippen molar-refractivity contribution in [2.24, 2.45) is 0 Å². The Morgan fingerprint density at radius 2 is 1.80 bits per heavy atom. The lowest BCUT2D eigenvalue weighted by atomic mass is 10.3. The molecule has 5 nitrogen and oxygen atoms in total. The van der Waals surface area contributed by atoms with E-state index in [0.29, 0.717) is 4.47 Å². The van der Waals surface area contributed by atoms with E-state index in [9.17, 15) is 12.8 Å². The number of aromatic nitrogens is 2. The smallest absolute Gasteiger partial charge is 0.265 e. The average molecular weight is 401 g/mol. The van der Waals surface area contributed by atoms with E-state index in [1.165, 1.54) is 6.07 Å². The number of halogens is 4. The van der Waals surface area contributed by atoms with Gasteiger partial charge in [0.15, 0.2) is 10.3 Å². The molecule has 0 spiro atoms. The monoisotopic (exact) mass is 399 g/mol. The molecule has 2 rings (SSSR count).